The van der Waals surface area contributed by atoms with Crippen molar-refractivity contribution in [3.8, 4) is 11.8 Å². The van der Waals surface area contributed by atoms with Crippen molar-refractivity contribution < 1.29 is 4.74 Å². The highest BCUT2D eigenvalue weighted by Gasteiger charge is 1.95. The molecule has 0 unspecified atom stereocenters. The molecule has 0 spiro atoms. The fourth-order valence-electron chi connectivity index (χ4n) is 1.61. The molecule has 22 heavy (non-hydrogen) atoms. The molecule has 0 bridgehead atoms. The first kappa shape index (κ1) is 15.5. The summed E-state index contributed by atoms with van der Waals surface area (Å²) in [6, 6.07) is 18.8. The van der Waals surface area contributed by atoms with Crippen molar-refractivity contribution in [1.82, 2.24) is 5.43 Å². The smallest absolute Gasteiger partial charge is 0.191 e. The molecular weight excluding hydrogens is 296 g/mol. The Hall–Kier alpha value is -2.91. The van der Waals surface area contributed by atoms with E-state index in [-0.39, 0.29) is 6.61 Å². The minimum absolute atomic E-state index is 0.0361. The van der Waals surface area contributed by atoms with Crippen molar-refractivity contribution in [3.63, 3.8) is 0 Å². The standard InChI is InChI=1S/C16H14N4OS/c17-10-11-21-15-8-6-13(7-9-15)12-18-20-16(22)19-14-4-2-1-3-5-14/h1-9,12H,11H2,(H2,19,20,22)/b18-12-. The predicted octanol–water partition coefficient (Wildman–Crippen LogP) is 2.91. The van der Waals surface area contributed by atoms with Crippen LogP contribution in [-0.2, 0) is 0 Å². The second kappa shape index (κ2) is 8.39. The van der Waals surface area contributed by atoms with E-state index in [0.29, 0.717) is 10.9 Å². The van der Waals surface area contributed by atoms with E-state index in [1.807, 2.05) is 48.5 Å². The summed E-state index contributed by atoms with van der Waals surface area (Å²) in [7, 11) is 0. The van der Waals surface area contributed by atoms with E-state index in [0.717, 1.165) is 11.3 Å². The zero-order chi connectivity index (χ0) is 15.6. The average Bonchev–Trinajstić information content (AvgIpc) is 2.55. The molecule has 0 atom stereocenters. The normalized spacial score (nSPS) is 9.95. The number of hydrogen-bond acceptors (Lipinski definition) is 4. The molecular formula is C16H14N4OS. The largest absolute Gasteiger partial charge is 0.479 e. The van der Waals surface area contributed by atoms with Gasteiger partial charge in [-0.1, -0.05) is 18.2 Å². The van der Waals surface area contributed by atoms with Crippen LogP contribution in [0.15, 0.2) is 59.7 Å². The van der Waals surface area contributed by atoms with E-state index < -0.39 is 0 Å². The Balaban J connectivity index is 1.82. The van der Waals surface area contributed by atoms with Crippen molar-refractivity contribution in [2.75, 3.05) is 11.9 Å². The zero-order valence-electron chi connectivity index (χ0n) is 11.7. The quantitative estimate of drug-likeness (QED) is 0.505. The average molecular weight is 310 g/mol. The Kier molecular flexibility index (Phi) is 5.91. The third-order valence-electron chi connectivity index (χ3n) is 2.59. The van der Waals surface area contributed by atoms with Gasteiger partial charge in [0.05, 0.1) is 6.21 Å². The van der Waals surface area contributed by atoms with Crippen LogP contribution in [-0.4, -0.2) is 17.9 Å². The molecule has 0 aliphatic heterocycles. The minimum atomic E-state index is 0.0361. The molecule has 110 valence electrons. The van der Waals surface area contributed by atoms with Gasteiger partial charge in [0.25, 0.3) is 0 Å². The summed E-state index contributed by atoms with van der Waals surface area (Å²) in [5.74, 6) is 0.646. The molecule has 5 nitrogen and oxygen atoms in total. The molecule has 0 heterocycles. The van der Waals surface area contributed by atoms with E-state index in [2.05, 4.69) is 15.8 Å². The van der Waals surface area contributed by atoms with Crippen LogP contribution < -0.4 is 15.5 Å². The summed E-state index contributed by atoms with van der Waals surface area (Å²) in [6.45, 7) is 0.0361. The van der Waals surface area contributed by atoms with E-state index in [9.17, 15) is 0 Å². The van der Waals surface area contributed by atoms with Crippen LogP contribution >= 0.6 is 12.2 Å². The van der Waals surface area contributed by atoms with Gasteiger partial charge in [-0.15, -0.1) is 0 Å². The van der Waals surface area contributed by atoms with Gasteiger partial charge < -0.3 is 10.1 Å². The van der Waals surface area contributed by atoms with Crippen LogP contribution in [0.25, 0.3) is 0 Å². The van der Waals surface area contributed by atoms with E-state index in [1.165, 1.54) is 0 Å². The van der Waals surface area contributed by atoms with Gasteiger partial charge in [0.1, 0.15) is 11.8 Å². The Morgan fingerprint density at radius 1 is 1.18 bits per heavy atom. The molecule has 6 heteroatoms. The number of anilines is 1. The molecule has 0 radical (unpaired) electrons. The van der Waals surface area contributed by atoms with Gasteiger partial charge in [0.15, 0.2) is 11.7 Å². The lowest BCUT2D eigenvalue weighted by molar-refractivity contribution is 0.368. The number of para-hydroxylation sites is 1. The van der Waals surface area contributed by atoms with Crippen LogP contribution in [0.3, 0.4) is 0 Å². The number of hydrazone groups is 1. The van der Waals surface area contributed by atoms with E-state index in [1.54, 1.807) is 18.3 Å². The maximum absolute atomic E-state index is 8.43. The van der Waals surface area contributed by atoms with Crippen LogP contribution in [0.2, 0.25) is 0 Å². The second-order valence-corrected chi connectivity index (χ2v) is 4.61. The zero-order valence-corrected chi connectivity index (χ0v) is 12.5. The van der Waals surface area contributed by atoms with Crippen LogP contribution in [0.1, 0.15) is 5.56 Å². The first-order valence-corrected chi connectivity index (χ1v) is 6.93. The lowest BCUT2D eigenvalue weighted by Crippen LogP contribution is -2.23. The molecule has 0 fully saturated rings. The number of ether oxygens (including phenoxy) is 1. The summed E-state index contributed by atoms with van der Waals surface area (Å²) < 4.78 is 5.17. The number of nitrogens with one attached hydrogen (secondary N) is 2. The topological polar surface area (TPSA) is 69.4 Å². The van der Waals surface area contributed by atoms with Gasteiger partial charge in [-0.05, 0) is 54.2 Å². The maximum Gasteiger partial charge on any atom is 0.191 e. The number of nitriles is 1. The molecule has 0 amide bonds. The maximum atomic E-state index is 8.43. The molecule has 2 rings (SSSR count). The molecule has 2 aromatic rings. The number of nitrogens with zero attached hydrogens (tertiary/aromatic N) is 2. The molecule has 0 aliphatic carbocycles. The highest BCUT2D eigenvalue weighted by atomic mass is 32.1. The van der Waals surface area contributed by atoms with Crippen LogP contribution in [0, 0.1) is 11.3 Å². The van der Waals surface area contributed by atoms with Crippen molar-refractivity contribution in [2.24, 2.45) is 5.10 Å². The van der Waals surface area contributed by atoms with Gasteiger partial charge in [0, 0.05) is 5.69 Å². The van der Waals surface area contributed by atoms with Gasteiger partial charge in [-0.25, -0.2) is 0 Å². The minimum Gasteiger partial charge on any atom is -0.479 e. The second-order valence-electron chi connectivity index (χ2n) is 4.21. The fraction of sp³-hybridized carbons (Fsp3) is 0.0625. The molecule has 0 saturated heterocycles. The highest BCUT2D eigenvalue weighted by Crippen LogP contribution is 2.10. The highest BCUT2D eigenvalue weighted by molar-refractivity contribution is 7.80. The third-order valence-corrected chi connectivity index (χ3v) is 2.79. The molecule has 0 aliphatic rings. The number of benzene rings is 2. The van der Waals surface area contributed by atoms with Crippen molar-refractivity contribution >= 4 is 29.2 Å². The van der Waals surface area contributed by atoms with Crippen molar-refractivity contribution in [1.29, 1.82) is 5.26 Å². The number of rotatable bonds is 5. The lowest BCUT2D eigenvalue weighted by atomic mass is 10.2. The first-order chi connectivity index (χ1) is 10.8. The fourth-order valence-corrected chi connectivity index (χ4v) is 1.78. The first-order valence-electron chi connectivity index (χ1n) is 6.53. The predicted molar refractivity (Wildman–Crippen MR) is 90.9 cm³/mol. The number of hydrogen-bond donors (Lipinski definition) is 2. The SMILES string of the molecule is N#CCOc1ccc(/C=N\NC(=S)Nc2ccccc2)cc1. The molecule has 2 N–H and O–H groups in total. The summed E-state index contributed by atoms with van der Waals surface area (Å²) in [4.78, 5) is 0. The summed E-state index contributed by atoms with van der Waals surface area (Å²) >= 11 is 5.13. The Bertz CT molecular complexity index is 678. The number of thiocarbonyl (C=S) groups is 1. The van der Waals surface area contributed by atoms with Crippen LogP contribution in [0.5, 0.6) is 5.75 Å². The van der Waals surface area contributed by atoms with Crippen LogP contribution in [0.4, 0.5) is 5.69 Å². The Morgan fingerprint density at radius 3 is 2.59 bits per heavy atom. The summed E-state index contributed by atoms with van der Waals surface area (Å²) in [6.07, 6.45) is 1.65. The molecule has 2 aromatic carbocycles. The monoisotopic (exact) mass is 310 g/mol. The van der Waals surface area contributed by atoms with Gasteiger partial charge in [-0.2, -0.15) is 10.4 Å². The lowest BCUT2D eigenvalue weighted by Gasteiger charge is -2.06. The molecule has 0 aromatic heterocycles. The van der Waals surface area contributed by atoms with Gasteiger partial charge >= 0.3 is 0 Å². The van der Waals surface area contributed by atoms with Crippen molar-refractivity contribution in [2.45, 2.75) is 0 Å². The summed E-state index contributed by atoms with van der Waals surface area (Å²) in [5, 5.41) is 15.9. The van der Waals surface area contributed by atoms with E-state index in [4.69, 9.17) is 22.2 Å². The van der Waals surface area contributed by atoms with E-state index >= 15 is 0 Å². The summed E-state index contributed by atoms with van der Waals surface area (Å²) in [5.41, 5.74) is 4.53. The van der Waals surface area contributed by atoms with Gasteiger partial charge in [0.2, 0.25) is 0 Å². The Morgan fingerprint density at radius 2 is 1.91 bits per heavy atom. The third kappa shape index (κ3) is 5.23. The Labute approximate surface area is 134 Å². The molecule has 0 saturated carbocycles. The van der Waals surface area contributed by atoms with Gasteiger partial charge in [-0.3, -0.25) is 5.43 Å². The van der Waals surface area contributed by atoms with Crippen molar-refractivity contribution in [3.05, 3.63) is 60.2 Å².